The molecule has 0 amide bonds. The molecule has 1 saturated heterocycles. The molecule has 2 aliphatic rings. The topological polar surface area (TPSA) is 29.5 Å². The second-order valence-electron chi connectivity index (χ2n) is 2.63. The average molecular weight is 114 g/mol. The number of aliphatic hydroxyl groups excluding tert-OH is 1. The van der Waals surface area contributed by atoms with Crippen molar-refractivity contribution in [3.8, 4) is 0 Å². The Bertz CT molecular complexity index is 85.9. The third-order valence-corrected chi connectivity index (χ3v) is 2.23. The van der Waals surface area contributed by atoms with Crippen LogP contribution in [0.1, 0.15) is 6.42 Å². The highest BCUT2D eigenvalue weighted by molar-refractivity contribution is 5.01. The molecule has 1 aliphatic carbocycles. The second kappa shape index (κ2) is 1.45. The first kappa shape index (κ1) is 4.77. The summed E-state index contributed by atoms with van der Waals surface area (Å²) in [6, 6.07) is 0. The lowest BCUT2D eigenvalue weighted by atomic mass is 10.2. The first-order chi connectivity index (χ1) is 3.93. The molecule has 0 unspecified atom stereocenters. The summed E-state index contributed by atoms with van der Waals surface area (Å²) in [5.74, 6) is 1.23. The number of hydrogen-bond donors (Lipinski definition) is 1. The molecule has 0 aromatic carbocycles. The van der Waals surface area contributed by atoms with Crippen LogP contribution in [-0.2, 0) is 4.74 Å². The van der Waals surface area contributed by atoms with Gasteiger partial charge in [0.2, 0.25) is 0 Å². The highest BCUT2D eigenvalue weighted by Crippen LogP contribution is 2.48. The van der Waals surface area contributed by atoms with E-state index >= 15 is 0 Å². The van der Waals surface area contributed by atoms with Crippen molar-refractivity contribution in [2.45, 2.75) is 12.5 Å². The first-order valence-electron chi connectivity index (χ1n) is 3.16. The van der Waals surface area contributed by atoms with Crippen LogP contribution in [0.15, 0.2) is 0 Å². The molecule has 2 heteroatoms. The first-order valence-corrected chi connectivity index (χ1v) is 3.16. The molecule has 0 radical (unpaired) electrons. The van der Waals surface area contributed by atoms with Crippen molar-refractivity contribution in [2.24, 2.45) is 11.8 Å². The molecule has 0 aromatic heterocycles. The van der Waals surface area contributed by atoms with Gasteiger partial charge in [0.15, 0.2) is 0 Å². The molecule has 0 spiro atoms. The number of ether oxygens (including phenoxy) is 1. The van der Waals surface area contributed by atoms with Gasteiger partial charge in [0.1, 0.15) is 0 Å². The molecule has 1 heterocycles. The summed E-state index contributed by atoms with van der Waals surface area (Å²) in [7, 11) is 0. The highest BCUT2D eigenvalue weighted by atomic mass is 16.5. The van der Waals surface area contributed by atoms with Gasteiger partial charge in [-0.2, -0.15) is 0 Å². The van der Waals surface area contributed by atoms with E-state index in [-0.39, 0.29) is 0 Å². The van der Waals surface area contributed by atoms with Gasteiger partial charge in [0.05, 0.1) is 6.10 Å². The summed E-state index contributed by atoms with van der Waals surface area (Å²) in [6.07, 6.45) is 1.62. The van der Waals surface area contributed by atoms with Crippen LogP contribution >= 0.6 is 0 Å². The van der Waals surface area contributed by atoms with E-state index in [2.05, 4.69) is 0 Å². The zero-order chi connectivity index (χ0) is 5.56. The fraction of sp³-hybridized carbons (Fsp3) is 1.00. The number of hydrogen-bond acceptors (Lipinski definition) is 2. The Morgan fingerprint density at radius 1 is 1.62 bits per heavy atom. The Labute approximate surface area is 48.5 Å². The molecular formula is C6H10O2. The smallest absolute Gasteiger partial charge is 0.0662 e. The van der Waals surface area contributed by atoms with Gasteiger partial charge >= 0.3 is 0 Å². The largest absolute Gasteiger partial charge is 0.396 e. The fourth-order valence-corrected chi connectivity index (χ4v) is 1.61. The number of fused-ring (bicyclic) bond motifs is 1. The molecule has 1 aliphatic heterocycles. The lowest BCUT2D eigenvalue weighted by Crippen LogP contribution is -1.99. The monoisotopic (exact) mass is 114 g/mol. The summed E-state index contributed by atoms with van der Waals surface area (Å²) < 4.78 is 5.27. The van der Waals surface area contributed by atoms with Gasteiger partial charge in [-0.3, -0.25) is 0 Å². The summed E-state index contributed by atoms with van der Waals surface area (Å²) in [5, 5.41) is 8.63. The minimum atomic E-state index is 0.329. The normalized spacial score (nSPS) is 51.4. The van der Waals surface area contributed by atoms with Crippen LogP contribution in [0, 0.1) is 11.8 Å². The van der Waals surface area contributed by atoms with Gasteiger partial charge in [-0.05, 0) is 12.3 Å². The van der Waals surface area contributed by atoms with Crippen LogP contribution < -0.4 is 0 Å². The molecule has 0 aromatic rings. The summed E-state index contributed by atoms with van der Waals surface area (Å²) >= 11 is 0. The van der Waals surface area contributed by atoms with Gasteiger partial charge < -0.3 is 9.84 Å². The van der Waals surface area contributed by atoms with Crippen molar-refractivity contribution in [1.82, 2.24) is 0 Å². The molecule has 2 nitrogen and oxygen atoms in total. The summed E-state index contributed by atoms with van der Waals surface area (Å²) in [6.45, 7) is 1.25. The van der Waals surface area contributed by atoms with E-state index in [1.165, 1.54) is 6.42 Å². The molecule has 0 bridgehead atoms. The number of rotatable bonds is 1. The zero-order valence-electron chi connectivity index (χ0n) is 4.71. The molecule has 8 heavy (non-hydrogen) atoms. The molecule has 1 saturated carbocycles. The molecular weight excluding hydrogens is 104 g/mol. The van der Waals surface area contributed by atoms with E-state index in [1.54, 1.807) is 0 Å². The molecule has 46 valence electrons. The van der Waals surface area contributed by atoms with Gasteiger partial charge in [0.25, 0.3) is 0 Å². The molecule has 1 N–H and O–H groups in total. The van der Waals surface area contributed by atoms with Crippen molar-refractivity contribution < 1.29 is 9.84 Å². The van der Waals surface area contributed by atoms with Crippen LogP contribution in [0.25, 0.3) is 0 Å². The maximum Gasteiger partial charge on any atom is 0.0662 e. The van der Waals surface area contributed by atoms with Crippen LogP contribution in [-0.4, -0.2) is 24.4 Å². The highest BCUT2D eigenvalue weighted by Gasteiger charge is 2.53. The fourth-order valence-electron chi connectivity index (χ4n) is 1.61. The standard InChI is InChI=1S/C6H10O2/c7-3-5-4-1-2-8-6(4)5/h4-7H,1-3H2/t4-,5-,6-/m1/s1. The van der Waals surface area contributed by atoms with Crippen molar-refractivity contribution in [3.05, 3.63) is 0 Å². The minimum Gasteiger partial charge on any atom is -0.396 e. The van der Waals surface area contributed by atoms with Gasteiger partial charge in [-0.15, -0.1) is 0 Å². The lowest BCUT2D eigenvalue weighted by Gasteiger charge is -1.96. The van der Waals surface area contributed by atoms with Crippen LogP contribution in [0.5, 0.6) is 0 Å². The maximum absolute atomic E-state index is 8.63. The van der Waals surface area contributed by atoms with E-state index < -0.39 is 0 Å². The third kappa shape index (κ3) is 0.446. The van der Waals surface area contributed by atoms with Crippen LogP contribution in [0.4, 0.5) is 0 Å². The quantitative estimate of drug-likeness (QED) is 0.520. The van der Waals surface area contributed by atoms with Crippen LogP contribution in [0.3, 0.4) is 0 Å². The van der Waals surface area contributed by atoms with Gasteiger partial charge in [-0.25, -0.2) is 0 Å². The maximum atomic E-state index is 8.63. The second-order valence-corrected chi connectivity index (χ2v) is 2.63. The van der Waals surface area contributed by atoms with Crippen molar-refractivity contribution in [2.75, 3.05) is 13.2 Å². The Morgan fingerprint density at radius 3 is 2.88 bits per heavy atom. The van der Waals surface area contributed by atoms with Gasteiger partial charge in [0, 0.05) is 19.1 Å². The lowest BCUT2D eigenvalue weighted by molar-refractivity contribution is 0.119. The Balaban J connectivity index is 1.94. The Morgan fingerprint density at radius 2 is 2.50 bits per heavy atom. The Kier molecular flexibility index (Phi) is 0.866. The van der Waals surface area contributed by atoms with E-state index in [4.69, 9.17) is 9.84 Å². The number of aliphatic hydroxyl groups is 1. The van der Waals surface area contributed by atoms with E-state index in [0.717, 1.165) is 12.5 Å². The average Bonchev–Trinajstić information content (AvgIpc) is 2.22. The molecule has 3 atom stereocenters. The summed E-state index contributed by atoms with van der Waals surface area (Å²) in [4.78, 5) is 0. The SMILES string of the molecule is OC[C@@H]1[C@H]2CCO[C@@H]12. The van der Waals surface area contributed by atoms with E-state index in [1.807, 2.05) is 0 Å². The molecule has 2 fully saturated rings. The Hall–Kier alpha value is -0.0800. The predicted octanol–water partition coefficient (Wildman–Crippen LogP) is 0.0136. The van der Waals surface area contributed by atoms with Gasteiger partial charge in [-0.1, -0.05) is 0 Å². The van der Waals surface area contributed by atoms with Crippen LogP contribution in [0.2, 0.25) is 0 Å². The van der Waals surface area contributed by atoms with Crippen molar-refractivity contribution in [1.29, 1.82) is 0 Å². The zero-order valence-corrected chi connectivity index (χ0v) is 4.71. The van der Waals surface area contributed by atoms with Crippen molar-refractivity contribution in [3.63, 3.8) is 0 Å². The van der Waals surface area contributed by atoms with E-state index in [9.17, 15) is 0 Å². The van der Waals surface area contributed by atoms with E-state index in [0.29, 0.717) is 18.6 Å². The minimum absolute atomic E-state index is 0.329. The van der Waals surface area contributed by atoms with Crippen molar-refractivity contribution >= 4 is 0 Å². The summed E-state index contributed by atoms with van der Waals surface area (Å²) in [5.41, 5.74) is 0. The molecule has 2 rings (SSSR count). The predicted molar refractivity (Wildman–Crippen MR) is 28.4 cm³/mol. The third-order valence-electron chi connectivity index (χ3n) is 2.23.